The van der Waals surface area contributed by atoms with Gasteiger partial charge >= 0.3 is 0 Å². The molecule has 178 valence electrons. The van der Waals surface area contributed by atoms with Gasteiger partial charge in [0.1, 0.15) is 0 Å². The van der Waals surface area contributed by atoms with E-state index in [4.69, 9.17) is 4.74 Å². The van der Waals surface area contributed by atoms with E-state index in [2.05, 4.69) is 63.5 Å². The number of benzene rings is 2. The van der Waals surface area contributed by atoms with Gasteiger partial charge < -0.3 is 10.1 Å². The number of sulfone groups is 1. The average Bonchev–Trinajstić information content (AvgIpc) is 3.20. The van der Waals surface area contributed by atoms with Crippen molar-refractivity contribution in [3.8, 4) is 17.1 Å². The second-order valence-corrected chi connectivity index (χ2v) is 11.3. The summed E-state index contributed by atoms with van der Waals surface area (Å²) in [6, 6.07) is 12.8. The molecule has 34 heavy (non-hydrogen) atoms. The maximum atomic E-state index is 11.9. The molecule has 2 aliphatic rings. The van der Waals surface area contributed by atoms with Gasteiger partial charge in [0, 0.05) is 36.1 Å². The van der Waals surface area contributed by atoms with Crippen molar-refractivity contribution in [1.82, 2.24) is 14.9 Å². The molecule has 2 aromatic carbocycles. The molecule has 1 aromatic heterocycles. The molecule has 0 saturated carbocycles. The highest BCUT2D eigenvalue weighted by atomic mass is 32.2. The Morgan fingerprint density at radius 2 is 2.06 bits per heavy atom. The lowest BCUT2D eigenvalue weighted by Gasteiger charge is -2.34. The molecule has 1 saturated heterocycles. The Kier molecular flexibility index (Phi) is 6.27. The summed E-state index contributed by atoms with van der Waals surface area (Å²) in [4.78, 5) is 11.2. The Balaban J connectivity index is 1.36. The van der Waals surface area contributed by atoms with Crippen molar-refractivity contribution in [2.45, 2.75) is 39.3 Å². The third-order valence-electron chi connectivity index (χ3n) is 6.73. The zero-order valence-corrected chi connectivity index (χ0v) is 20.4. The number of hydrogen-bond donors (Lipinski definition) is 1. The Bertz CT molecular complexity index is 1290. The molecule has 7 nitrogen and oxygen atoms in total. The number of nitrogens with one attached hydrogen (secondary N) is 1. The van der Waals surface area contributed by atoms with Crippen LogP contribution in [0.3, 0.4) is 0 Å². The molecule has 1 atom stereocenters. The first kappa shape index (κ1) is 22.8. The zero-order chi connectivity index (χ0) is 23.7. The fourth-order valence-electron chi connectivity index (χ4n) is 4.93. The van der Waals surface area contributed by atoms with Gasteiger partial charge in [-0.05, 0) is 61.6 Å². The summed E-state index contributed by atoms with van der Waals surface area (Å²) in [6.07, 6.45) is 5.06. The van der Waals surface area contributed by atoms with Crippen LogP contribution in [0.1, 0.15) is 30.0 Å². The fourth-order valence-corrected chi connectivity index (χ4v) is 6.69. The number of fused-ring (bicyclic) bond motifs is 1. The summed E-state index contributed by atoms with van der Waals surface area (Å²) in [7, 11) is -2.88. The summed E-state index contributed by atoms with van der Waals surface area (Å²) >= 11 is 0. The van der Waals surface area contributed by atoms with E-state index in [1.54, 1.807) is 12.4 Å². The van der Waals surface area contributed by atoms with E-state index in [1.165, 1.54) is 11.1 Å². The molecule has 0 bridgehead atoms. The van der Waals surface area contributed by atoms with Crippen LogP contribution < -0.4 is 10.1 Å². The molecule has 1 N–H and O–H groups in total. The van der Waals surface area contributed by atoms with E-state index in [9.17, 15) is 8.42 Å². The third-order valence-corrected chi connectivity index (χ3v) is 8.48. The normalized spacial score (nSPS) is 19.5. The molecule has 5 rings (SSSR count). The van der Waals surface area contributed by atoms with Gasteiger partial charge in [0.2, 0.25) is 5.88 Å². The second-order valence-electron chi connectivity index (χ2n) is 9.05. The van der Waals surface area contributed by atoms with Crippen LogP contribution in [0.5, 0.6) is 5.88 Å². The molecule has 0 amide bonds. The molecule has 0 aliphatic carbocycles. The summed E-state index contributed by atoms with van der Waals surface area (Å²) in [5.74, 6) is 1.14. The molecule has 1 fully saturated rings. The van der Waals surface area contributed by atoms with Crippen molar-refractivity contribution in [3.63, 3.8) is 0 Å². The predicted molar refractivity (Wildman–Crippen MR) is 134 cm³/mol. The minimum Gasteiger partial charge on any atom is -0.477 e. The van der Waals surface area contributed by atoms with Crippen LogP contribution in [0.4, 0.5) is 11.4 Å². The highest BCUT2D eigenvalue weighted by Crippen LogP contribution is 2.33. The van der Waals surface area contributed by atoms with Gasteiger partial charge in [-0.3, -0.25) is 4.90 Å². The Labute approximate surface area is 201 Å². The van der Waals surface area contributed by atoms with E-state index in [0.29, 0.717) is 24.0 Å². The van der Waals surface area contributed by atoms with Crippen LogP contribution in [0, 0.1) is 6.92 Å². The summed E-state index contributed by atoms with van der Waals surface area (Å²) in [6.45, 7) is 6.23. The van der Waals surface area contributed by atoms with Gasteiger partial charge in [-0.15, -0.1) is 0 Å². The Morgan fingerprint density at radius 3 is 2.79 bits per heavy atom. The van der Waals surface area contributed by atoms with Crippen LogP contribution in [0.2, 0.25) is 0 Å². The smallest absolute Gasteiger partial charge is 0.232 e. The monoisotopic (exact) mass is 478 g/mol. The molecule has 3 aromatic rings. The maximum Gasteiger partial charge on any atom is 0.232 e. The molecule has 0 radical (unpaired) electrons. The van der Waals surface area contributed by atoms with Crippen molar-refractivity contribution in [3.05, 3.63) is 65.5 Å². The van der Waals surface area contributed by atoms with Crippen molar-refractivity contribution in [2.24, 2.45) is 0 Å². The first-order valence-electron chi connectivity index (χ1n) is 11.8. The summed E-state index contributed by atoms with van der Waals surface area (Å²) in [5, 5.41) is 3.61. The summed E-state index contributed by atoms with van der Waals surface area (Å²) < 4.78 is 29.3. The number of nitrogens with zero attached hydrogens (tertiary/aromatic N) is 3. The molecule has 1 unspecified atom stereocenters. The van der Waals surface area contributed by atoms with Gasteiger partial charge in [-0.2, -0.15) is 0 Å². The van der Waals surface area contributed by atoms with Crippen LogP contribution in [0.25, 0.3) is 11.3 Å². The number of anilines is 2. The van der Waals surface area contributed by atoms with E-state index in [-0.39, 0.29) is 6.04 Å². The van der Waals surface area contributed by atoms with Crippen molar-refractivity contribution >= 4 is 21.2 Å². The molecule has 8 heteroatoms. The lowest BCUT2D eigenvalue weighted by molar-refractivity contribution is 0.194. The molecule has 3 heterocycles. The lowest BCUT2D eigenvalue weighted by atomic mass is 9.96. The topological polar surface area (TPSA) is 84.4 Å². The van der Waals surface area contributed by atoms with Gasteiger partial charge in [0.25, 0.3) is 0 Å². The zero-order valence-electron chi connectivity index (χ0n) is 19.6. The Morgan fingerprint density at radius 1 is 1.18 bits per heavy atom. The quantitative estimate of drug-likeness (QED) is 0.570. The fraction of sp³-hybridized carbons (Fsp3) is 0.385. The van der Waals surface area contributed by atoms with E-state index < -0.39 is 9.84 Å². The largest absolute Gasteiger partial charge is 0.477 e. The average molecular weight is 479 g/mol. The van der Waals surface area contributed by atoms with Crippen LogP contribution >= 0.6 is 0 Å². The van der Waals surface area contributed by atoms with Crippen molar-refractivity contribution in [1.29, 1.82) is 0 Å². The van der Waals surface area contributed by atoms with Gasteiger partial charge in [-0.25, -0.2) is 18.4 Å². The first-order chi connectivity index (χ1) is 16.4. The van der Waals surface area contributed by atoms with Crippen LogP contribution in [-0.2, 0) is 22.8 Å². The minimum atomic E-state index is -2.88. The number of ether oxygens (including phenoxy) is 1. The SMILES string of the molecule is CCOc1cnc(-c2cc(Nc3cccc4c3CCN(C3CCS(=O)(=O)C3)C4)ccc2C)cn1. The van der Waals surface area contributed by atoms with Crippen LogP contribution in [0.15, 0.2) is 48.8 Å². The number of rotatable bonds is 6. The van der Waals surface area contributed by atoms with Crippen molar-refractivity contribution in [2.75, 3.05) is 30.0 Å². The molecule has 2 aliphatic heterocycles. The van der Waals surface area contributed by atoms with Crippen molar-refractivity contribution < 1.29 is 13.2 Å². The van der Waals surface area contributed by atoms with Gasteiger partial charge in [-0.1, -0.05) is 18.2 Å². The second kappa shape index (κ2) is 9.35. The first-order valence-corrected chi connectivity index (χ1v) is 13.6. The van der Waals surface area contributed by atoms with E-state index in [1.807, 2.05) is 6.92 Å². The number of aryl methyl sites for hydroxylation is 1. The lowest BCUT2D eigenvalue weighted by Crippen LogP contribution is -2.40. The van der Waals surface area contributed by atoms with E-state index in [0.717, 1.165) is 54.1 Å². The predicted octanol–water partition coefficient (Wildman–Crippen LogP) is 4.14. The summed E-state index contributed by atoms with van der Waals surface area (Å²) in [5.41, 5.74) is 7.63. The van der Waals surface area contributed by atoms with Gasteiger partial charge in [0.05, 0.1) is 36.2 Å². The third kappa shape index (κ3) is 4.79. The number of aromatic nitrogens is 2. The maximum absolute atomic E-state index is 11.9. The Hall–Kier alpha value is -2.97. The molecular weight excluding hydrogens is 448 g/mol. The minimum absolute atomic E-state index is 0.143. The molecular formula is C26H30N4O3S. The standard InChI is InChI=1S/C26H30N4O3S/c1-3-33-26-15-27-25(14-28-26)23-13-20(8-7-18(23)2)29-24-6-4-5-19-16-30(11-9-22(19)24)21-10-12-34(31,32)17-21/h4-8,13-15,21,29H,3,9-12,16-17H2,1-2H3. The van der Waals surface area contributed by atoms with Crippen LogP contribution in [-0.4, -0.2) is 54.0 Å². The van der Waals surface area contributed by atoms with E-state index >= 15 is 0 Å². The van der Waals surface area contributed by atoms with Gasteiger partial charge in [0.15, 0.2) is 9.84 Å². The highest BCUT2D eigenvalue weighted by molar-refractivity contribution is 7.91. The highest BCUT2D eigenvalue weighted by Gasteiger charge is 2.34. The number of hydrogen-bond acceptors (Lipinski definition) is 7. The molecule has 0 spiro atoms.